The molecule has 0 saturated heterocycles. The van der Waals surface area contributed by atoms with Crippen LogP contribution in [0.3, 0.4) is 0 Å². The average molecular weight is 293 g/mol. The zero-order chi connectivity index (χ0) is 15.2. The lowest BCUT2D eigenvalue weighted by Gasteiger charge is -2.26. The van der Waals surface area contributed by atoms with E-state index in [1.807, 2.05) is 6.92 Å². The molecule has 0 spiro atoms. The Balaban J connectivity index is 2.05. The standard InChI is InChI=1S/C14H23N5O2/c1-3-15-13-12(19(20)21)14(18-9-17-13)16-8-11-6-4-10(2)5-7-11/h9-11H,3-8H2,1-2H3,(H2,15,16,17,18). The van der Waals surface area contributed by atoms with E-state index in [-0.39, 0.29) is 11.5 Å². The quantitative estimate of drug-likeness (QED) is 0.618. The minimum Gasteiger partial charge on any atom is -0.364 e. The Labute approximate surface area is 124 Å². The molecule has 0 atom stereocenters. The van der Waals surface area contributed by atoms with Gasteiger partial charge in [0.05, 0.1) is 4.92 Å². The smallest absolute Gasteiger partial charge is 0.353 e. The van der Waals surface area contributed by atoms with Crippen LogP contribution in [0.4, 0.5) is 17.3 Å². The molecular weight excluding hydrogens is 270 g/mol. The van der Waals surface area contributed by atoms with E-state index in [4.69, 9.17) is 0 Å². The van der Waals surface area contributed by atoms with Crippen molar-refractivity contribution < 1.29 is 4.92 Å². The third-order valence-corrected chi connectivity index (χ3v) is 4.04. The third kappa shape index (κ3) is 4.03. The monoisotopic (exact) mass is 293 g/mol. The molecule has 0 unspecified atom stereocenters. The van der Waals surface area contributed by atoms with Crippen molar-refractivity contribution in [3.8, 4) is 0 Å². The fourth-order valence-corrected chi connectivity index (χ4v) is 2.75. The molecule has 0 radical (unpaired) electrons. The molecule has 0 bridgehead atoms. The summed E-state index contributed by atoms with van der Waals surface area (Å²) >= 11 is 0. The first kappa shape index (κ1) is 15.5. The Morgan fingerprint density at radius 2 is 1.86 bits per heavy atom. The summed E-state index contributed by atoms with van der Waals surface area (Å²) in [5.41, 5.74) is -0.0662. The largest absolute Gasteiger partial charge is 0.364 e. The highest BCUT2D eigenvalue weighted by molar-refractivity contribution is 5.69. The van der Waals surface area contributed by atoms with Crippen LogP contribution >= 0.6 is 0 Å². The highest BCUT2D eigenvalue weighted by Crippen LogP contribution is 2.31. The number of rotatable bonds is 6. The van der Waals surface area contributed by atoms with Gasteiger partial charge >= 0.3 is 5.69 Å². The van der Waals surface area contributed by atoms with Gasteiger partial charge in [0.1, 0.15) is 6.33 Å². The van der Waals surface area contributed by atoms with E-state index in [2.05, 4.69) is 27.5 Å². The Kier molecular flexibility index (Phi) is 5.30. The van der Waals surface area contributed by atoms with Crippen molar-refractivity contribution >= 4 is 17.3 Å². The number of nitro groups is 1. The fraction of sp³-hybridized carbons (Fsp3) is 0.714. The molecule has 116 valence electrons. The summed E-state index contributed by atoms with van der Waals surface area (Å²) in [6, 6.07) is 0. The lowest BCUT2D eigenvalue weighted by molar-refractivity contribution is -0.383. The highest BCUT2D eigenvalue weighted by atomic mass is 16.6. The van der Waals surface area contributed by atoms with Gasteiger partial charge in [0.25, 0.3) is 0 Å². The van der Waals surface area contributed by atoms with Crippen LogP contribution in [0.1, 0.15) is 39.5 Å². The van der Waals surface area contributed by atoms with Gasteiger partial charge in [-0.15, -0.1) is 0 Å². The van der Waals surface area contributed by atoms with Crippen LogP contribution in [-0.2, 0) is 0 Å². The maximum Gasteiger partial charge on any atom is 0.353 e. The Bertz CT molecular complexity index is 486. The SMILES string of the molecule is CCNc1ncnc(NCC2CCC(C)CC2)c1[N+](=O)[O-]. The van der Waals surface area contributed by atoms with Crippen LogP contribution in [0.25, 0.3) is 0 Å². The molecule has 1 aromatic rings. The van der Waals surface area contributed by atoms with Crippen LogP contribution in [-0.4, -0.2) is 28.0 Å². The van der Waals surface area contributed by atoms with E-state index in [1.165, 1.54) is 32.0 Å². The van der Waals surface area contributed by atoms with Gasteiger partial charge in [-0.2, -0.15) is 0 Å². The second-order valence-corrected chi connectivity index (χ2v) is 5.71. The van der Waals surface area contributed by atoms with Gasteiger partial charge in [-0.1, -0.05) is 19.8 Å². The molecule has 2 rings (SSSR count). The molecule has 7 heteroatoms. The molecule has 21 heavy (non-hydrogen) atoms. The molecule has 0 aliphatic heterocycles. The van der Waals surface area contributed by atoms with Crippen LogP contribution in [0.5, 0.6) is 0 Å². The van der Waals surface area contributed by atoms with Gasteiger partial charge in [0, 0.05) is 13.1 Å². The molecule has 1 aliphatic carbocycles. The van der Waals surface area contributed by atoms with E-state index in [9.17, 15) is 10.1 Å². The molecule has 1 aromatic heterocycles. The first-order chi connectivity index (χ1) is 10.1. The lowest BCUT2D eigenvalue weighted by Crippen LogP contribution is -2.21. The number of nitrogens with one attached hydrogen (secondary N) is 2. The van der Waals surface area contributed by atoms with Crippen molar-refractivity contribution in [2.75, 3.05) is 23.7 Å². The lowest BCUT2D eigenvalue weighted by atomic mass is 9.83. The summed E-state index contributed by atoms with van der Waals surface area (Å²) in [5.74, 6) is 1.95. The molecule has 7 nitrogen and oxygen atoms in total. The summed E-state index contributed by atoms with van der Waals surface area (Å²) < 4.78 is 0. The fourth-order valence-electron chi connectivity index (χ4n) is 2.75. The third-order valence-electron chi connectivity index (χ3n) is 4.04. The zero-order valence-electron chi connectivity index (χ0n) is 12.6. The zero-order valence-corrected chi connectivity index (χ0v) is 12.6. The van der Waals surface area contributed by atoms with E-state index < -0.39 is 4.92 Å². The normalized spacial score (nSPS) is 21.8. The van der Waals surface area contributed by atoms with Crippen molar-refractivity contribution in [3.63, 3.8) is 0 Å². The minimum absolute atomic E-state index is 0.0662. The first-order valence-corrected chi connectivity index (χ1v) is 7.59. The first-order valence-electron chi connectivity index (χ1n) is 7.59. The Morgan fingerprint density at radius 1 is 1.24 bits per heavy atom. The maximum atomic E-state index is 11.3. The maximum absolute atomic E-state index is 11.3. The molecule has 2 N–H and O–H groups in total. The second-order valence-electron chi connectivity index (χ2n) is 5.71. The number of aromatic nitrogens is 2. The number of hydrogen-bond donors (Lipinski definition) is 2. The molecule has 0 amide bonds. The van der Waals surface area contributed by atoms with Crippen molar-refractivity contribution in [1.82, 2.24) is 9.97 Å². The summed E-state index contributed by atoms with van der Waals surface area (Å²) in [7, 11) is 0. The summed E-state index contributed by atoms with van der Waals surface area (Å²) in [5, 5.41) is 17.3. The van der Waals surface area contributed by atoms with Gasteiger partial charge in [-0.3, -0.25) is 10.1 Å². The summed E-state index contributed by atoms with van der Waals surface area (Å²) in [6.07, 6.45) is 6.18. The molecule has 1 heterocycles. The topological polar surface area (TPSA) is 93.0 Å². The van der Waals surface area contributed by atoms with Crippen LogP contribution in [0.2, 0.25) is 0 Å². The van der Waals surface area contributed by atoms with E-state index >= 15 is 0 Å². The molecule has 1 saturated carbocycles. The molecule has 0 aromatic carbocycles. The number of nitrogens with zero attached hydrogens (tertiary/aromatic N) is 3. The van der Waals surface area contributed by atoms with Crippen molar-refractivity contribution in [2.24, 2.45) is 11.8 Å². The number of hydrogen-bond acceptors (Lipinski definition) is 6. The van der Waals surface area contributed by atoms with Crippen molar-refractivity contribution in [3.05, 3.63) is 16.4 Å². The highest BCUT2D eigenvalue weighted by Gasteiger charge is 2.24. The van der Waals surface area contributed by atoms with Crippen LogP contribution in [0, 0.1) is 22.0 Å². The average Bonchev–Trinajstić information content (AvgIpc) is 2.47. The second kappa shape index (κ2) is 7.19. The van der Waals surface area contributed by atoms with E-state index in [0.717, 1.165) is 12.5 Å². The summed E-state index contributed by atoms with van der Waals surface area (Å²) in [6.45, 7) is 5.47. The summed E-state index contributed by atoms with van der Waals surface area (Å²) in [4.78, 5) is 18.8. The van der Waals surface area contributed by atoms with Gasteiger partial charge in [-0.25, -0.2) is 9.97 Å². The van der Waals surface area contributed by atoms with E-state index in [1.54, 1.807) is 0 Å². The van der Waals surface area contributed by atoms with Crippen LogP contribution in [0.15, 0.2) is 6.33 Å². The number of anilines is 2. The van der Waals surface area contributed by atoms with Gasteiger partial charge in [0.15, 0.2) is 0 Å². The van der Waals surface area contributed by atoms with Crippen molar-refractivity contribution in [2.45, 2.75) is 39.5 Å². The van der Waals surface area contributed by atoms with Gasteiger partial charge < -0.3 is 10.6 Å². The Morgan fingerprint density at radius 3 is 2.43 bits per heavy atom. The Hall–Kier alpha value is -1.92. The predicted octanol–water partition coefficient (Wildman–Crippen LogP) is 3.05. The van der Waals surface area contributed by atoms with Crippen LogP contribution < -0.4 is 10.6 Å². The van der Waals surface area contributed by atoms with Crippen molar-refractivity contribution in [1.29, 1.82) is 0 Å². The van der Waals surface area contributed by atoms with Gasteiger partial charge in [0.2, 0.25) is 11.6 Å². The molecular formula is C14H23N5O2. The molecule has 1 aliphatic rings. The molecule has 1 fully saturated rings. The minimum atomic E-state index is -0.427. The van der Waals surface area contributed by atoms with Gasteiger partial charge in [-0.05, 0) is 31.6 Å². The van der Waals surface area contributed by atoms with E-state index in [0.29, 0.717) is 18.3 Å². The predicted molar refractivity (Wildman–Crippen MR) is 82.5 cm³/mol.